The first-order chi connectivity index (χ1) is 9.45. The predicted octanol–water partition coefficient (Wildman–Crippen LogP) is 2.88. The Morgan fingerprint density at radius 2 is 1.95 bits per heavy atom. The molecule has 4 nitrogen and oxygen atoms in total. The molecule has 1 atom stereocenters. The molecule has 1 aliphatic heterocycles. The molecule has 0 aliphatic carbocycles. The quantitative estimate of drug-likeness (QED) is 0.897. The van der Waals surface area contributed by atoms with Crippen LogP contribution in [-0.2, 0) is 9.59 Å². The summed E-state index contributed by atoms with van der Waals surface area (Å²) in [4.78, 5) is 24.4. The molecule has 0 aromatic heterocycles. The highest BCUT2D eigenvalue weighted by Gasteiger charge is 2.32. The van der Waals surface area contributed by atoms with Gasteiger partial charge in [0.2, 0.25) is 5.91 Å². The lowest BCUT2D eigenvalue weighted by molar-refractivity contribution is -0.145. The Labute approximate surface area is 126 Å². The summed E-state index contributed by atoms with van der Waals surface area (Å²) >= 11 is 3.39. The van der Waals surface area contributed by atoms with E-state index in [2.05, 4.69) is 15.9 Å². The van der Waals surface area contributed by atoms with Crippen LogP contribution < -0.4 is 0 Å². The minimum absolute atomic E-state index is 0.113. The van der Waals surface area contributed by atoms with Gasteiger partial charge in [-0.2, -0.15) is 0 Å². The molecule has 1 aliphatic rings. The van der Waals surface area contributed by atoms with Crippen molar-refractivity contribution in [3.63, 3.8) is 0 Å². The van der Waals surface area contributed by atoms with Crippen molar-refractivity contribution in [3.8, 4) is 0 Å². The van der Waals surface area contributed by atoms with Crippen LogP contribution in [0.2, 0.25) is 0 Å². The molecule has 1 amide bonds. The van der Waals surface area contributed by atoms with E-state index in [1.54, 1.807) is 4.90 Å². The molecule has 1 N–H and O–H groups in total. The van der Waals surface area contributed by atoms with Gasteiger partial charge in [0, 0.05) is 29.9 Å². The summed E-state index contributed by atoms with van der Waals surface area (Å²) in [7, 11) is 0. The molecule has 1 aromatic rings. The van der Waals surface area contributed by atoms with Crippen LogP contribution >= 0.6 is 15.9 Å². The van der Waals surface area contributed by atoms with Crippen molar-refractivity contribution in [2.45, 2.75) is 25.7 Å². The van der Waals surface area contributed by atoms with E-state index < -0.39 is 5.97 Å². The van der Waals surface area contributed by atoms with E-state index in [-0.39, 0.29) is 24.2 Å². The summed E-state index contributed by atoms with van der Waals surface area (Å²) in [5.41, 5.74) is 1.14. The van der Waals surface area contributed by atoms with E-state index >= 15 is 0 Å². The summed E-state index contributed by atoms with van der Waals surface area (Å²) in [5, 5.41) is 8.68. The Morgan fingerprint density at radius 1 is 1.35 bits per heavy atom. The molecule has 108 valence electrons. The van der Waals surface area contributed by atoms with Crippen molar-refractivity contribution in [2.75, 3.05) is 13.1 Å². The number of likely N-dealkylation sites (tertiary alicyclic amines) is 1. The maximum Gasteiger partial charge on any atom is 0.303 e. The van der Waals surface area contributed by atoms with E-state index in [1.165, 1.54) is 0 Å². The molecule has 1 unspecified atom stereocenters. The van der Waals surface area contributed by atoms with Crippen molar-refractivity contribution in [1.82, 2.24) is 4.90 Å². The highest BCUT2D eigenvalue weighted by atomic mass is 79.9. The van der Waals surface area contributed by atoms with Crippen molar-refractivity contribution in [2.24, 2.45) is 5.92 Å². The third-order valence-electron chi connectivity index (χ3n) is 3.69. The standard InChI is InChI=1S/C15H18BrNO3/c1-10(12-2-4-13(16)5-3-12)6-14(18)17-8-11(9-17)7-15(19)20/h2-5,10-11H,6-9H2,1H3,(H,19,20). The molecular formula is C15H18BrNO3. The number of aliphatic carboxylic acids is 1. The largest absolute Gasteiger partial charge is 0.481 e. The lowest BCUT2D eigenvalue weighted by Gasteiger charge is -2.39. The van der Waals surface area contributed by atoms with Gasteiger partial charge in [-0.05, 0) is 23.6 Å². The molecular weight excluding hydrogens is 322 g/mol. The number of hydrogen-bond donors (Lipinski definition) is 1. The Bertz CT molecular complexity index is 494. The Balaban J connectivity index is 1.80. The van der Waals surface area contributed by atoms with E-state index in [9.17, 15) is 9.59 Å². The molecule has 1 fully saturated rings. The van der Waals surface area contributed by atoms with Gasteiger partial charge in [0.1, 0.15) is 0 Å². The van der Waals surface area contributed by atoms with Gasteiger partial charge in [-0.3, -0.25) is 9.59 Å². The number of amides is 1. The fourth-order valence-corrected chi connectivity index (χ4v) is 2.71. The van der Waals surface area contributed by atoms with Gasteiger partial charge in [0.25, 0.3) is 0 Å². The minimum Gasteiger partial charge on any atom is -0.481 e. The van der Waals surface area contributed by atoms with Crippen molar-refractivity contribution in [1.29, 1.82) is 0 Å². The number of carbonyl (C=O) groups excluding carboxylic acids is 1. The van der Waals surface area contributed by atoms with Gasteiger partial charge in [0.05, 0.1) is 6.42 Å². The highest BCUT2D eigenvalue weighted by molar-refractivity contribution is 9.10. The van der Waals surface area contributed by atoms with E-state index in [4.69, 9.17) is 5.11 Å². The minimum atomic E-state index is -0.787. The van der Waals surface area contributed by atoms with Crippen LogP contribution in [0.5, 0.6) is 0 Å². The number of rotatable bonds is 5. The highest BCUT2D eigenvalue weighted by Crippen LogP contribution is 2.25. The van der Waals surface area contributed by atoms with Crippen LogP contribution in [0.25, 0.3) is 0 Å². The zero-order chi connectivity index (χ0) is 14.7. The van der Waals surface area contributed by atoms with Gasteiger partial charge >= 0.3 is 5.97 Å². The Morgan fingerprint density at radius 3 is 2.50 bits per heavy atom. The maximum atomic E-state index is 12.1. The first-order valence-electron chi connectivity index (χ1n) is 6.70. The normalized spacial score (nSPS) is 16.6. The van der Waals surface area contributed by atoms with E-state index in [1.807, 2.05) is 31.2 Å². The summed E-state index contributed by atoms with van der Waals surface area (Å²) in [6, 6.07) is 7.99. The average molecular weight is 340 g/mol. The fourth-order valence-electron chi connectivity index (χ4n) is 2.45. The number of carbonyl (C=O) groups is 2. The topological polar surface area (TPSA) is 57.6 Å². The average Bonchev–Trinajstić information content (AvgIpc) is 2.33. The Kier molecular flexibility index (Phi) is 4.81. The number of halogens is 1. The van der Waals surface area contributed by atoms with Crippen LogP contribution in [0.15, 0.2) is 28.7 Å². The lowest BCUT2D eigenvalue weighted by atomic mass is 9.93. The summed E-state index contributed by atoms with van der Waals surface area (Å²) in [6.45, 7) is 3.20. The number of hydrogen-bond acceptors (Lipinski definition) is 2. The number of nitrogens with zero attached hydrogens (tertiary/aromatic N) is 1. The zero-order valence-corrected chi connectivity index (χ0v) is 13.0. The molecule has 0 spiro atoms. The molecule has 2 rings (SSSR count). The number of benzene rings is 1. The number of carboxylic acid groups (broad SMARTS) is 1. The zero-order valence-electron chi connectivity index (χ0n) is 11.4. The maximum absolute atomic E-state index is 12.1. The summed E-state index contributed by atoms with van der Waals surface area (Å²) in [5.74, 6) is -0.374. The van der Waals surface area contributed by atoms with Gasteiger partial charge < -0.3 is 10.0 Å². The monoisotopic (exact) mass is 339 g/mol. The van der Waals surface area contributed by atoms with Gasteiger partial charge in [-0.1, -0.05) is 35.0 Å². The second-order valence-electron chi connectivity index (χ2n) is 5.42. The van der Waals surface area contributed by atoms with Gasteiger partial charge in [-0.15, -0.1) is 0 Å². The molecule has 0 saturated carbocycles. The fraction of sp³-hybridized carbons (Fsp3) is 0.467. The lowest BCUT2D eigenvalue weighted by Crippen LogP contribution is -2.50. The third-order valence-corrected chi connectivity index (χ3v) is 4.22. The predicted molar refractivity (Wildman–Crippen MR) is 79.5 cm³/mol. The number of carboxylic acids is 1. The molecule has 1 aromatic carbocycles. The molecule has 1 heterocycles. The summed E-state index contributed by atoms with van der Waals surface area (Å²) < 4.78 is 1.03. The second kappa shape index (κ2) is 6.39. The van der Waals surface area contributed by atoms with Crippen LogP contribution in [0.4, 0.5) is 0 Å². The van der Waals surface area contributed by atoms with Crippen molar-refractivity contribution < 1.29 is 14.7 Å². The first-order valence-corrected chi connectivity index (χ1v) is 7.50. The molecule has 1 saturated heterocycles. The second-order valence-corrected chi connectivity index (χ2v) is 6.34. The third kappa shape index (κ3) is 3.82. The van der Waals surface area contributed by atoms with Gasteiger partial charge in [-0.25, -0.2) is 0 Å². The molecule has 5 heteroatoms. The van der Waals surface area contributed by atoms with E-state index in [0.717, 1.165) is 10.0 Å². The van der Waals surface area contributed by atoms with Crippen molar-refractivity contribution in [3.05, 3.63) is 34.3 Å². The first kappa shape index (κ1) is 15.0. The summed E-state index contributed by atoms with van der Waals surface area (Å²) in [6.07, 6.45) is 0.632. The molecule has 0 radical (unpaired) electrons. The van der Waals surface area contributed by atoms with Crippen LogP contribution in [-0.4, -0.2) is 35.0 Å². The van der Waals surface area contributed by atoms with Crippen molar-refractivity contribution >= 4 is 27.8 Å². The van der Waals surface area contributed by atoms with Gasteiger partial charge in [0.15, 0.2) is 0 Å². The van der Waals surface area contributed by atoms with Crippen LogP contribution in [0.3, 0.4) is 0 Å². The van der Waals surface area contributed by atoms with Crippen LogP contribution in [0.1, 0.15) is 31.2 Å². The smallest absolute Gasteiger partial charge is 0.303 e. The van der Waals surface area contributed by atoms with Crippen LogP contribution in [0, 0.1) is 5.92 Å². The SMILES string of the molecule is CC(CC(=O)N1CC(CC(=O)O)C1)c1ccc(Br)cc1. The van der Waals surface area contributed by atoms with E-state index in [0.29, 0.717) is 19.5 Å². The Hall–Kier alpha value is -1.36. The molecule has 0 bridgehead atoms. The molecule has 20 heavy (non-hydrogen) atoms.